The fourth-order valence-electron chi connectivity index (χ4n) is 1.17. The molecule has 2 rings (SSSR count). The molecule has 0 atom stereocenters. The molecule has 0 bridgehead atoms. The Kier molecular flexibility index (Phi) is 2.30. The maximum atomic E-state index is 10.5. The number of hydrogen-bond acceptors (Lipinski definition) is 3. The number of rotatable bonds is 0. The molecule has 0 radical (unpaired) electrons. The van der Waals surface area contributed by atoms with E-state index in [2.05, 4.69) is 21.8 Å². The lowest BCUT2D eigenvalue weighted by Crippen LogP contribution is -2.06. The second-order valence-corrected chi connectivity index (χ2v) is 2.87. The van der Waals surface area contributed by atoms with Crippen LogP contribution in [0, 0.1) is 11.8 Å². The van der Waals surface area contributed by atoms with E-state index in [0.29, 0.717) is 5.56 Å². The summed E-state index contributed by atoms with van der Waals surface area (Å²) in [6.45, 7) is 0. The maximum Gasteiger partial charge on any atom is 0.293 e. The quantitative estimate of drug-likeness (QED) is 0.624. The average molecular weight is 197 g/mol. The smallest absolute Gasteiger partial charge is 0.293 e. The Hall–Kier alpha value is -2.41. The van der Waals surface area contributed by atoms with Crippen LogP contribution < -0.4 is 5.73 Å². The van der Waals surface area contributed by atoms with Crippen LogP contribution in [0.25, 0.3) is 11.0 Å². The summed E-state index contributed by atoms with van der Waals surface area (Å²) < 4.78 is 0. The van der Waals surface area contributed by atoms with Crippen molar-refractivity contribution in [1.29, 1.82) is 0 Å². The van der Waals surface area contributed by atoms with Crippen molar-refractivity contribution in [3.63, 3.8) is 0 Å². The Balaban J connectivity index is 2.49. The van der Waals surface area contributed by atoms with E-state index in [1.165, 1.54) is 0 Å². The van der Waals surface area contributed by atoms with Crippen molar-refractivity contribution in [3.8, 4) is 11.8 Å². The highest BCUT2D eigenvalue weighted by atomic mass is 16.1. The molecule has 0 fully saturated rings. The molecule has 1 aromatic carbocycles. The molecule has 0 aliphatic heterocycles. The maximum absolute atomic E-state index is 10.5. The Morgan fingerprint density at radius 1 is 1.20 bits per heavy atom. The van der Waals surface area contributed by atoms with E-state index < -0.39 is 5.91 Å². The number of primary amides is 1. The van der Waals surface area contributed by atoms with Gasteiger partial charge < -0.3 is 5.73 Å². The van der Waals surface area contributed by atoms with Crippen LogP contribution in [0.1, 0.15) is 5.56 Å². The van der Waals surface area contributed by atoms with Crippen molar-refractivity contribution in [2.45, 2.75) is 0 Å². The Morgan fingerprint density at radius 2 is 1.93 bits per heavy atom. The van der Waals surface area contributed by atoms with Gasteiger partial charge in [0, 0.05) is 18.0 Å². The van der Waals surface area contributed by atoms with Crippen LogP contribution in [0.5, 0.6) is 0 Å². The van der Waals surface area contributed by atoms with Crippen LogP contribution in [-0.2, 0) is 4.79 Å². The number of fused-ring (bicyclic) bond motifs is 1. The monoisotopic (exact) mass is 197 g/mol. The molecular formula is C11H7N3O. The van der Waals surface area contributed by atoms with Gasteiger partial charge in [0.1, 0.15) is 0 Å². The second-order valence-electron chi connectivity index (χ2n) is 2.87. The molecule has 4 nitrogen and oxygen atoms in total. The number of amides is 1. The van der Waals surface area contributed by atoms with Gasteiger partial charge in [-0.25, -0.2) is 0 Å². The SMILES string of the molecule is NC(=O)C#Cc1ccc2nccnc2c1. The molecule has 2 aromatic rings. The highest BCUT2D eigenvalue weighted by Gasteiger charge is 1.95. The first-order valence-corrected chi connectivity index (χ1v) is 4.28. The summed E-state index contributed by atoms with van der Waals surface area (Å²) >= 11 is 0. The molecule has 1 heterocycles. The number of nitrogens with zero attached hydrogens (tertiary/aromatic N) is 2. The minimum atomic E-state index is -0.644. The summed E-state index contributed by atoms with van der Waals surface area (Å²) in [6, 6.07) is 5.33. The molecule has 0 spiro atoms. The third-order valence-corrected chi connectivity index (χ3v) is 1.80. The summed E-state index contributed by atoms with van der Waals surface area (Å²) in [5.74, 6) is 4.27. The molecule has 2 N–H and O–H groups in total. The van der Waals surface area contributed by atoms with Gasteiger partial charge >= 0.3 is 0 Å². The van der Waals surface area contributed by atoms with Gasteiger partial charge in [0.2, 0.25) is 0 Å². The normalized spacial score (nSPS) is 9.33. The van der Waals surface area contributed by atoms with E-state index in [1.807, 2.05) is 0 Å². The van der Waals surface area contributed by atoms with Crippen molar-refractivity contribution < 1.29 is 4.79 Å². The molecule has 1 amide bonds. The van der Waals surface area contributed by atoms with Crippen LogP contribution in [0.15, 0.2) is 30.6 Å². The number of aromatic nitrogens is 2. The highest BCUT2D eigenvalue weighted by Crippen LogP contribution is 2.09. The Labute approximate surface area is 86.1 Å². The van der Waals surface area contributed by atoms with Crippen molar-refractivity contribution in [2.24, 2.45) is 5.73 Å². The Morgan fingerprint density at radius 3 is 2.67 bits per heavy atom. The average Bonchev–Trinajstić information content (AvgIpc) is 2.26. The van der Waals surface area contributed by atoms with Gasteiger partial charge in [-0.15, -0.1) is 0 Å². The predicted octanol–water partition coefficient (Wildman–Crippen LogP) is 0.467. The molecule has 72 valence electrons. The van der Waals surface area contributed by atoms with Gasteiger partial charge in [-0.3, -0.25) is 14.8 Å². The first kappa shape index (κ1) is 9.16. The topological polar surface area (TPSA) is 68.9 Å². The van der Waals surface area contributed by atoms with Crippen LogP contribution in [0.4, 0.5) is 0 Å². The lowest BCUT2D eigenvalue weighted by atomic mass is 10.2. The van der Waals surface area contributed by atoms with E-state index in [4.69, 9.17) is 5.73 Å². The number of carbonyl (C=O) groups is 1. The lowest BCUT2D eigenvalue weighted by Gasteiger charge is -1.95. The largest absolute Gasteiger partial charge is 0.359 e. The summed E-state index contributed by atoms with van der Waals surface area (Å²) in [7, 11) is 0. The van der Waals surface area contributed by atoms with E-state index in [-0.39, 0.29) is 0 Å². The zero-order valence-corrected chi connectivity index (χ0v) is 7.77. The number of benzene rings is 1. The van der Waals surface area contributed by atoms with Gasteiger partial charge in [0.05, 0.1) is 11.0 Å². The van der Waals surface area contributed by atoms with Gasteiger partial charge in [0.25, 0.3) is 5.91 Å². The molecule has 0 unspecified atom stereocenters. The van der Waals surface area contributed by atoms with Crippen molar-refractivity contribution in [3.05, 3.63) is 36.2 Å². The summed E-state index contributed by atoms with van der Waals surface area (Å²) in [4.78, 5) is 18.7. The highest BCUT2D eigenvalue weighted by molar-refractivity contribution is 5.92. The van der Waals surface area contributed by atoms with E-state index in [1.54, 1.807) is 30.6 Å². The molecule has 0 aliphatic carbocycles. The predicted molar refractivity (Wildman–Crippen MR) is 55.6 cm³/mol. The minimum Gasteiger partial charge on any atom is -0.359 e. The number of carbonyl (C=O) groups excluding carboxylic acids is 1. The van der Waals surface area contributed by atoms with E-state index in [9.17, 15) is 4.79 Å². The van der Waals surface area contributed by atoms with Crippen LogP contribution in [0.2, 0.25) is 0 Å². The lowest BCUT2D eigenvalue weighted by molar-refractivity contribution is -0.112. The number of nitrogens with two attached hydrogens (primary N) is 1. The zero-order valence-electron chi connectivity index (χ0n) is 7.77. The second kappa shape index (κ2) is 3.76. The minimum absolute atomic E-state index is 0.644. The summed E-state index contributed by atoms with van der Waals surface area (Å²) in [5.41, 5.74) is 7.15. The van der Waals surface area contributed by atoms with Gasteiger partial charge in [-0.1, -0.05) is 5.92 Å². The fraction of sp³-hybridized carbons (Fsp3) is 0. The van der Waals surface area contributed by atoms with Crippen molar-refractivity contribution in [1.82, 2.24) is 9.97 Å². The first-order valence-electron chi connectivity index (χ1n) is 4.28. The third kappa shape index (κ3) is 2.09. The molecule has 1 aromatic heterocycles. The molecule has 4 heteroatoms. The third-order valence-electron chi connectivity index (χ3n) is 1.80. The van der Waals surface area contributed by atoms with Crippen molar-refractivity contribution >= 4 is 16.9 Å². The van der Waals surface area contributed by atoms with Crippen LogP contribution in [0.3, 0.4) is 0 Å². The fourth-order valence-corrected chi connectivity index (χ4v) is 1.17. The molecule has 0 saturated heterocycles. The van der Waals surface area contributed by atoms with Crippen molar-refractivity contribution in [2.75, 3.05) is 0 Å². The van der Waals surface area contributed by atoms with Gasteiger partial charge in [-0.05, 0) is 24.1 Å². The molecule has 0 saturated carbocycles. The standard InChI is InChI=1S/C11H7N3O/c12-11(15)4-2-8-1-3-9-10(7-8)14-6-5-13-9/h1,3,5-7H,(H2,12,15). The van der Waals surface area contributed by atoms with E-state index >= 15 is 0 Å². The number of hydrogen-bond donors (Lipinski definition) is 1. The van der Waals surface area contributed by atoms with Crippen LogP contribution >= 0.6 is 0 Å². The molecular weight excluding hydrogens is 190 g/mol. The molecule has 0 aliphatic rings. The summed E-state index contributed by atoms with van der Waals surface area (Å²) in [5, 5.41) is 0. The van der Waals surface area contributed by atoms with E-state index in [0.717, 1.165) is 11.0 Å². The van der Waals surface area contributed by atoms with Gasteiger partial charge in [-0.2, -0.15) is 0 Å². The Bertz CT molecular complexity index is 581. The summed E-state index contributed by atoms with van der Waals surface area (Å²) in [6.07, 6.45) is 3.23. The van der Waals surface area contributed by atoms with Crippen LogP contribution in [-0.4, -0.2) is 15.9 Å². The van der Waals surface area contributed by atoms with Gasteiger partial charge in [0.15, 0.2) is 0 Å². The zero-order chi connectivity index (χ0) is 10.7. The molecule has 15 heavy (non-hydrogen) atoms. The first-order chi connectivity index (χ1) is 7.25.